The van der Waals surface area contributed by atoms with Gasteiger partial charge in [-0.2, -0.15) is 0 Å². The highest BCUT2D eigenvalue weighted by Crippen LogP contribution is 2.38. The van der Waals surface area contributed by atoms with E-state index in [0.717, 1.165) is 18.8 Å². The first-order valence-electron chi connectivity index (χ1n) is 10.6. The van der Waals surface area contributed by atoms with Crippen molar-refractivity contribution in [3.8, 4) is 0 Å². The van der Waals surface area contributed by atoms with Gasteiger partial charge in [0, 0.05) is 18.9 Å². The van der Waals surface area contributed by atoms with Gasteiger partial charge in [0.05, 0.1) is 6.54 Å². The predicted molar refractivity (Wildman–Crippen MR) is 129 cm³/mol. The van der Waals surface area contributed by atoms with Crippen LogP contribution in [0.1, 0.15) is 67.9 Å². The lowest BCUT2D eigenvalue weighted by molar-refractivity contribution is 0.980. The van der Waals surface area contributed by atoms with E-state index in [1.54, 1.807) is 6.08 Å². The van der Waals surface area contributed by atoms with Gasteiger partial charge in [0.25, 0.3) is 0 Å². The van der Waals surface area contributed by atoms with E-state index in [9.17, 15) is 0 Å². The quantitative estimate of drug-likeness (QED) is 0.249. The Bertz CT molecular complexity index is 899. The Morgan fingerprint density at radius 1 is 1.38 bits per heavy atom. The highest BCUT2D eigenvalue weighted by molar-refractivity contribution is 5.72. The Balaban J connectivity index is 2.34. The Hall–Kier alpha value is -2.70. The fourth-order valence-corrected chi connectivity index (χ4v) is 3.59. The number of hydrogen-bond donors (Lipinski definition) is 1. The lowest BCUT2D eigenvalue weighted by Gasteiger charge is -2.16. The molecule has 1 aliphatic rings. The van der Waals surface area contributed by atoms with Gasteiger partial charge in [-0.15, -0.1) is 5.73 Å². The van der Waals surface area contributed by atoms with Crippen molar-refractivity contribution in [2.45, 2.75) is 59.9 Å². The third-order valence-corrected chi connectivity index (χ3v) is 5.60. The number of nitrogens with zero attached hydrogens (tertiary/aromatic N) is 1. The first kappa shape index (κ1) is 22.6. The Labute approximate surface area is 176 Å². The molecule has 0 aliphatic heterocycles. The van der Waals surface area contributed by atoms with E-state index in [4.69, 9.17) is 10.4 Å². The summed E-state index contributed by atoms with van der Waals surface area (Å²) in [6.45, 7) is 13.2. The summed E-state index contributed by atoms with van der Waals surface area (Å²) in [7, 11) is 0. The summed E-state index contributed by atoms with van der Waals surface area (Å²) in [5.74, 6) is 0.760. The van der Waals surface area contributed by atoms with Gasteiger partial charge >= 0.3 is 0 Å². The summed E-state index contributed by atoms with van der Waals surface area (Å²) >= 11 is 0. The van der Waals surface area contributed by atoms with Crippen LogP contribution in [0, 0.1) is 18.3 Å². The molecule has 0 bridgehead atoms. The van der Waals surface area contributed by atoms with Crippen LogP contribution in [0.25, 0.3) is 12.2 Å². The number of rotatable bonds is 10. The molecule has 2 heteroatoms. The smallest absolute Gasteiger partial charge is 0.0641 e. The highest BCUT2D eigenvalue weighted by Gasteiger charge is 2.23. The van der Waals surface area contributed by atoms with Crippen molar-refractivity contribution in [1.82, 2.24) is 0 Å². The van der Waals surface area contributed by atoms with Crippen molar-refractivity contribution in [3.63, 3.8) is 0 Å². The van der Waals surface area contributed by atoms with Crippen LogP contribution in [0.5, 0.6) is 0 Å². The Morgan fingerprint density at radius 2 is 2.14 bits per heavy atom. The van der Waals surface area contributed by atoms with E-state index in [0.29, 0.717) is 6.54 Å². The first-order valence-corrected chi connectivity index (χ1v) is 10.6. The number of hydrogen-bond acceptors (Lipinski definition) is 2. The van der Waals surface area contributed by atoms with Gasteiger partial charge in [-0.1, -0.05) is 43.4 Å². The molecule has 1 aromatic rings. The molecular weight excluding hydrogens is 352 g/mol. The van der Waals surface area contributed by atoms with E-state index < -0.39 is 0 Å². The van der Waals surface area contributed by atoms with Gasteiger partial charge in [0.15, 0.2) is 0 Å². The summed E-state index contributed by atoms with van der Waals surface area (Å²) in [5, 5.41) is 7.12. The Kier molecular flexibility index (Phi) is 8.83. The lowest BCUT2D eigenvalue weighted by Crippen LogP contribution is -2.01. The molecule has 1 aliphatic carbocycles. The van der Waals surface area contributed by atoms with E-state index in [1.807, 2.05) is 25.3 Å². The molecule has 0 unspecified atom stereocenters. The second-order valence-electron chi connectivity index (χ2n) is 7.62. The fourth-order valence-electron chi connectivity index (χ4n) is 3.59. The van der Waals surface area contributed by atoms with Crippen molar-refractivity contribution in [3.05, 3.63) is 75.6 Å². The molecule has 0 saturated heterocycles. The van der Waals surface area contributed by atoms with Crippen LogP contribution in [0.15, 0.2) is 52.7 Å². The van der Waals surface area contributed by atoms with Crippen molar-refractivity contribution >= 4 is 24.6 Å². The van der Waals surface area contributed by atoms with Crippen LogP contribution in [0.2, 0.25) is 0 Å². The maximum Gasteiger partial charge on any atom is 0.0641 e. The maximum atomic E-state index is 7.12. The molecule has 1 aromatic carbocycles. The molecule has 1 fully saturated rings. The van der Waals surface area contributed by atoms with Crippen LogP contribution < -0.4 is 0 Å². The molecule has 0 heterocycles. The summed E-state index contributed by atoms with van der Waals surface area (Å²) in [5.41, 5.74) is 12.1. The topological polar surface area (TPSA) is 36.2 Å². The van der Waals surface area contributed by atoms with E-state index in [1.165, 1.54) is 58.0 Å². The lowest BCUT2D eigenvalue weighted by atomic mass is 9.89. The summed E-state index contributed by atoms with van der Waals surface area (Å²) in [6.07, 6.45) is 17.8. The molecule has 2 nitrogen and oxygen atoms in total. The third kappa shape index (κ3) is 6.41. The average molecular weight is 387 g/mol. The van der Waals surface area contributed by atoms with Crippen LogP contribution in [-0.2, 0) is 13.0 Å². The molecular formula is C27H34N2. The van der Waals surface area contributed by atoms with E-state index >= 15 is 0 Å². The van der Waals surface area contributed by atoms with Crippen molar-refractivity contribution in [1.29, 1.82) is 5.41 Å². The largest absolute Gasteiger partial charge is 0.309 e. The number of allylic oxidation sites excluding steroid dienone is 5. The molecule has 0 spiro atoms. The maximum absolute atomic E-state index is 7.12. The minimum Gasteiger partial charge on any atom is -0.309 e. The molecule has 29 heavy (non-hydrogen) atoms. The van der Waals surface area contributed by atoms with Gasteiger partial charge in [-0.3, -0.25) is 4.99 Å². The molecule has 1 saturated carbocycles. The minimum atomic E-state index is 0.696. The van der Waals surface area contributed by atoms with Gasteiger partial charge in [0.1, 0.15) is 0 Å². The van der Waals surface area contributed by atoms with E-state index in [-0.39, 0.29) is 0 Å². The van der Waals surface area contributed by atoms with Crippen molar-refractivity contribution in [2.75, 3.05) is 0 Å². The third-order valence-electron chi connectivity index (χ3n) is 5.60. The standard InChI is InChI=1S/C27H34N2/c1-6-10-25-18-23(8-3)27(19-29-16-14-22(7-2)11-9-15-28)21(5)26(25)17-20(4)24-12-13-24/h7,9-11,15-18,24,28H,1,8,12-14,19H2,2-5H3/b11-9-,20-17+,22-7+,28-15?,29-16?. The normalized spacial score (nSPS) is 15.2. The zero-order valence-corrected chi connectivity index (χ0v) is 18.4. The molecule has 0 amide bonds. The summed E-state index contributed by atoms with van der Waals surface area (Å²) in [6, 6.07) is 2.28. The monoisotopic (exact) mass is 386 g/mol. The minimum absolute atomic E-state index is 0.696. The predicted octanol–water partition coefficient (Wildman–Crippen LogP) is 7.28. The van der Waals surface area contributed by atoms with Crippen molar-refractivity contribution in [2.24, 2.45) is 10.9 Å². The van der Waals surface area contributed by atoms with Crippen molar-refractivity contribution < 1.29 is 0 Å². The first-order chi connectivity index (χ1) is 14.0. The SMILES string of the molecule is C=C=Cc1cc(CC)c(CN=CCC(/C=C\C=N)=C/C)c(C)c1/C=C(\C)C1CC1. The van der Waals surface area contributed by atoms with E-state index in [2.05, 4.69) is 51.3 Å². The number of aryl methyl sites for hydroxylation is 1. The second-order valence-corrected chi connectivity index (χ2v) is 7.62. The summed E-state index contributed by atoms with van der Waals surface area (Å²) in [4.78, 5) is 4.73. The second kappa shape index (κ2) is 11.3. The zero-order valence-electron chi connectivity index (χ0n) is 18.4. The molecule has 0 aromatic heterocycles. The molecule has 0 atom stereocenters. The number of benzene rings is 1. The zero-order chi connectivity index (χ0) is 21.2. The fraction of sp³-hybridized carbons (Fsp3) is 0.370. The van der Waals surface area contributed by atoms with Gasteiger partial charge in [-0.25, -0.2) is 0 Å². The van der Waals surface area contributed by atoms with Crippen LogP contribution in [0.4, 0.5) is 0 Å². The van der Waals surface area contributed by atoms with Gasteiger partial charge in [-0.05, 0) is 91.5 Å². The van der Waals surface area contributed by atoms with Crippen LogP contribution in [-0.4, -0.2) is 12.4 Å². The highest BCUT2D eigenvalue weighted by atomic mass is 14.7. The van der Waals surface area contributed by atoms with Gasteiger partial charge < -0.3 is 5.41 Å². The average Bonchev–Trinajstić information content (AvgIpc) is 3.56. The molecule has 152 valence electrons. The molecule has 2 rings (SSSR count). The van der Waals surface area contributed by atoms with Gasteiger partial charge in [0.2, 0.25) is 0 Å². The Morgan fingerprint density at radius 3 is 2.72 bits per heavy atom. The molecule has 0 radical (unpaired) electrons. The molecule has 1 N–H and O–H groups in total. The number of nitrogens with one attached hydrogen (secondary N) is 1. The van der Waals surface area contributed by atoms with Crippen LogP contribution in [0.3, 0.4) is 0 Å². The number of aliphatic imine (C=N–C) groups is 1. The summed E-state index contributed by atoms with van der Waals surface area (Å²) < 4.78 is 0. The van der Waals surface area contributed by atoms with Crippen LogP contribution >= 0.6 is 0 Å².